The molecule has 0 amide bonds. The number of hydrogen-bond acceptors (Lipinski definition) is 0. The van der Waals surface area contributed by atoms with Crippen LogP contribution in [0.4, 0.5) is 5.69 Å². The number of benzene rings is 1. The minimum Gasteiger partial charge on any atom is -0.238 e. The van der Waals surface area contributed by atoms with Crippen LogP contribution in [0.15, 0.2) is 24.3 Å². The molecule has 1 heteroatoms. The molecule has 0 atom stereocenters. The van der Waals surface area contributed by atoms with Gasteiger partial charge in [-0.2, -0.15) is 0 Å². The predicted octanol–water partition coefficient (Wildman–Crippen LogP) is 4.32. The second-order valence-electron chi connectivity index (χ2n) is 4.29. The van der Waals surface area contributed by atoms with Crippen LogP contribution in [0.1, 0.15) is 39.2 Å². The van der Waals surface area contributed by atoms with Crippen molar-refractivity contribution in [3.05, 3.63) is 41.2 Å². The lowest BCUT2D eigenvalue weighted by Crippen LogP contribution is -2.16. The third kappa shape index (κ3) is 2.35. The van der Waals surface area contributed by atoms with E-state index in [0.29, 0.717) is 0 Å². The smallest absolute Gasteiger partial charge is 0.187 e. The maximum Gasteiger partial charge on any atom is 0.187 e. The molecule has 0 heterocycles. The molecule has 1 rings (SSSR count). The molecule has 0 aliphatic carbocycles. The topological polar surface area (TPSA) is 4.36 Å². The van der Waals surface area contributed by atoms with Crippen LogP contribution in [-0.2, 0) is 5.41 Å². The van der Waals surface area contributed by atoms with Gasteiger partial charge in [0.1, 0.15) is 0 Å². The third-order valence-electron chi connectivity index (χ3n) is 2.65. The van der Waals surface area contributed by atoms with E-state index in [9.17, 15) is 0 Å². The van der Waals surface area contributed by atoms with Gasteiger partial charge in [-0.05, 0) is 17.4 Å². The highest BCUT2D eigenvalue weighted by atomic mass is 14.6. The van der Waals surface area contributed by atoms with Crippen molar-refractivity contribution >= 4 is 5.69 Å². The Morgan fingerprint density at radius 2 is 1.79 bits per heavy atom. The monoisotopic (exact) mass is 187 g/mol. The van der Waals surface area contributed by atoms with Crippen LogP contribution in [0, 0.1) is 6.57 Å². The summed E-state index contributed by atoms with van der Waals surface area (Å²) in [5.74, 6) is 0. The first-order valence-corrected chi connectivity index (χ1v) is 5.08. The second kappa shape index (κ2) is 4.28. The lowest BCUT2D eigenvalue weighted by atomic mass is 9.81. The van der Waals surface area contributed by atoms with Crippen molar-refractivity contribution in [2.75, 3.05) is 0 Å². The van der Waals surface area contributed by atoms with Gasteiger partial charge in [0, 0.05) is 0 Å². The van der Waals surface area contributed by atoms with Crippen LogP contribution in [-0.4, -0.2) is 0 Å². The van der Waals surface area contributed by atoms with Gasteiger partial charge in [0.05, 0.1) is 6.57 Å². The Balaban J connectivity index is 2.92. The van der Waals surface area contributed by atoms with Crippen molar-refractivity contribution in [3.63, 3.8) is 0 Å². The first-order valence-electron chi connectivity index (χ1n) is 5.08. The SMILES string of the molecule is [C-]#[N+]c1ccc(C(C)(C)CCC)cc1. The van der Waals surface area contributed by atoms with Gasteiger partial charge in [-0.15, -0.1) is 0 Å². The summed E-state index contributed by atoms with van der Waals surface area (Å²) in [6.45, 7) is 13.6. The molecule has 74 valence electrons. The predicted molar refractivity (Wildman–Crippen MR) is 60.6 cm³/mol. The van der Waals surface area contributed by atoms with Crippen LogP contribution in [0.2, 0.25) is 0 Å². The molecule has 0 aliphatic rings. The molecule has 0 spiro atoms. The normalized spacial score (nSPS) is 11.0. The molecule has 0 bridgehead atoms. The fraction of sp³-hybridized carbons (Fsp3) is 0.462. The van der Waals surface area contributed by atoms with E-state index in [-0.39, 0.29) is 5.41 Å². The van der Waals surface area contributed by atoms with Gasteiger partial charge in [-0.3, -0.25) is 0 Å². The average Bonchev–Trinajstić information content (AvgIpc) is 2.18. The highest BCUT2D eigenvalue weighted by Crippen LogP contribution is 2.29. The lowest BCUT2D eigenvalue weighted by Gasteiger charge is -2.24. The summed E-state index contributed by atoms with van der Waals surface area (Å²) >= 11 is 0. The first kappa shape index (κ1) is 10.8. The number of nitrogens with zero attached hydrogens (tertiary/aromatic N) is 1. The van der Waals surface area contributed by atoms with Crippen LogP contribution in [0.25, 0.3) is 4.85 Å². The van der Waals surface area contributed by atoms with Crippen LogP contribution in [0.3, 0.4) is 0 Å². The summed E-state index contributed by atoms with van der Waals surface area (Å²) < 4.78 is 0. The maximum atomic E-state index is 6.88. The Bertz CT molecular complexity index is 327. The molecule has 0 saturated heterocycles. The Morgan fingerprint density at radius 1 is 1.21 bits per heavy atom. The molecule has 0 saturated carbocycles. The molecule has 0 fully saturated rings. The molecule has 0 radical (unpaired) electrons. The van der Waals surface area contributed by atoms with Gasteiger partial charge in [-0.1, -0.05) is 51.5 Å². The van der Waals surface area contributed by atoms with E-state index >= 15 is 0 Å². The average molecular weight is 187 g/mol. The van der Waals surface area contributed by atoms with E-state index in [2.05, 4.69) is 37.7 Å². The summed E-state index contributed by atoms with van der Waals surface area (Å²) in [5, 5.41) is 0. The lowest BCUT2D eigenvalue weighted by molar-refractivity contribution is 0.473. The van der Waals surface area contributed by atoms with Crippen LogP contribution in [0.5, 0.6) is 0 Å². The molecule has 1 aromatic rings. The Kier molecular flexibility index (Phi) is 3.30. The van der Waals surface area contributed by atoms with Gasteiger partial charge in [0.25, 0.3) is 0 Å². The van der Waals surface area contributed by atoms with Crippen molar-refractivity contribution in [1.82, 2.24) is 0 Å². The van der Waals surface area contributed by atoms with E-state index in [4.69, 9.17) is 6.57 Å². The van der Waals surface area contributed by atoms with E-state index in [1.165, 1.54) is 18.4 Å². The highest BCUT2D eigenvalue weighted by Gasteiger charge is 2.18. The van der Waals surface area contributed by atoms with Crippen molar-refractivity contribution < 1.29 is 0 Å². The summed E-state index contributed by atoms with van der Waals surface area (Å²) in [7, 11) is 0. The zero-order valence-electron chi connectivity index (χ0n) is 9.17. The largest absolute Gasteiger partial charge is 0.238 e. The molecule has 14 heavy (non-hydrogen) atoms. The molecule has 0 unspecified atom stereocenters. The Hall–Kier alpha value is -1.29. The van der Waals surface area contributed by atoms with E-state index in [1.807, 2.05) is 12.1 Å². The number of rotatable bonds is 3. The summed E-state index contributed by atoms with van der Waals surface area (Å²) in [6.07, 6.45) is 2.38. The maximum absolute atomic E-state index is 6.88. The van der Waals surface area contributed by atoms with Crippen molar-refractivity contribution in [3.8, 4) is 0 Å². The van der Waals surface area contributed by atoms with Crippen molar-refractivity contribution in [2.24, 2.45) is 0 Å². The van der Waals surface area contributed by atoms with Crippen molar-refractivity contribution in [1.29, 1.82) is 0 Å². The van der Waals surface area contributed by atoms with Gasteiger partial charge in [-0.25, -0.2) is 4.85 Å². The zero-order chi connectivity index (χ0) is 10.6. The molecule has 1 nitrogen and oxygen atoms in total. The minimum atomic E-state index is 0.231. The molecule has 0 aliphatic heterocycles. The summed E-state index contributed by atoms with van der Waals surface area (Å²) in [6, 6.07) is 7.95. The first-order chi connectivity index (χ1) is 6.60. The van der Waals surface area contributed by atoms with E-state index in [0.717, 1.165) is 5.69 Å². The molecule has 0 N–H and O–H groups in total. The minimum absolute atomic E-state index is 0.231. The summed E-state index contributed by atoms with van der Waals surface area (Å²) in [5.41, 5.74) is 2.28. The van der Waals surface area contributed by atoms with E-state index in [1.54, 1.807) is 0 Å². The van der Waals surface area contributed by atoms with Gasteiger partial charge in [0.15, 0.2) is 5.69 Å². The Morgan fingerprint density at radius 3 is 2.21 bits per heavy atom. The van der Waals surface area contributed by atoms with Crippen LogP contribution >= 0.6 is 0 Å². The fourth-order valence-corrected chi connectivity index (χ4v) is 1.76. The zero-order valence-corrected chi connectivity index (χ0v) is 9.17. The van der Waals surface area contributed by atoms with Gasteiger partial charge >= 0.3 is 0 Å². The highest BCUT2D eigenvalue weighted by molar-refractivity contribution is 5.46. The Labute approximate surface area is 86.6 Å². The van der Waals surface area contributed by atoms with Gasteiger partial charge in [0.2, 0.25) is 0 Å². The number of hydrogen-bond donors (Lipinski definition) is 0. The van der Waals surface area contributed by atoms with Crippen LogP contribution < -0.4 is 0 Å². The molecular weight excluding hydrogens is 170 g/mol. The standard InChI is InChI=1S/C13H17N/c1-5-10-13(2,3)11-6-8-12(14-4)9-7-11/h6-9H,5,10H2,1-3H3. The fourth-order valence-electron chi connectivity index (χ4n) is 1.76. The molecule has 1 aromatic carbocycles. The molecule has 0 aromatic heterocycles. The van der Waals surface area contributed by atoms with Crippen molar-refractivity contribution in [2.45, 2.75) is 39.0 Å². The third-order valence-corrected chi connectivity index (χ3v) is 2.65. The quantitative estimate of drug-likeness (QED) is 0.621. The van der Waals surface area contributed by atoms with E-state index < -0.39 is 0 Å². The second-order valence-corrected chi connectivity index (χ2v) is 4.29. The summed E-state index contributed by atoms with van der Waals surface area (Å²) in [4.78, 5) is 3.39. The molecular formula is C13H17N. The van der Waals surface area contributed by atoms with Gasteiger partial charge < -0.3 is 0 Å².